The molecule has 1 fully saturated rings. The molecule has 1 aliphatic rings. The lowest BCUT2D eigenvalue weighted by Crippen LogP contribution is -2.35. The zero-order valence-corrected chi connectivity index (χ0v) is 22.7. The number of nitrogens with zero attached hydrogens (tertiary/aromatic N) is 1. The highest BCUT2D eigenvalue weighted by atomic mass is 16.5. The monoisotopic (exact) mass is 514 g/mol. The number of esters is 1. The highest BCUT2D eigenvalue weighted by Crippen LogP contribution is 2.35. The first-order chi connectivity index (χ1) is 18.5. The molecule has 6 heteroatoms. The van der Waals surface area contributed by atoms with Crippen molar-refractivity contribution in [2.24, 2.45) is 0 Å². The van der Waals surface area contributed by atoms with Gasteiger partial charge in [-0.25, -0.2) is 4.79 Å². The average Bonchev–Trinajstić information content (AvgIpc) is 2.93. The number of hydrogen-bond acceptors (Lipinski definition) is 5. The minimum absolute atomic E-state index is 0.0990. The van der Waals surface area contributed by atoms with Crippen LogP contribution >= 0.6 is 0 Å². The normalized spacial score (nSPS) is 14.0. The van der Waals surface area contributed by atoms with Crippen molar-refractivity contribution in [1.82, 2.24) is 5.32 Å². The highest BCUT2D eigenvalue weighted by Gasteiger charge is 2.25. The predicted molar refractivity (Wildman–Crippen MR) is 151 cm³/mol. The lowest BCUT2D eigenvalue weighted by molar-refractivity contribution is -0.120. The lowest BCUT2D eigenvalue weighted by Gasteiger charge is -2.34. The Bertz CT molecular complexity index is 1240. The van der Waals surface area contributed by atoms with E-state index in [1.54, 1.807) is 25.1 Å². The highest BCUT2D eigenvalue weighted by molar-refractivity contribution is 5.93. The quantitative estimate of drug-likeness (QED) is 0.336. The van der Waals surface area contributed by atoms with Crippen molar-refractivity contribution < 1.29 is 19.1 Å². The fraction of sp³-hybridized carbons (Fsp3) is 0.375. The number of piperidine rings is 1. The zero-order valence-electron chi connectivity index (χ0n) is 22.7. The minimum Gasteiger partial charge on any atom is -0.493 e. The summed E-state index contributed by atoms with van der Waals surface area (Å²) in [7, 11) is 0. The molecule has 1 atom stereocenters. The summed E-state index contributed by atoms with van der Waals surface area (Å²) in [6.07, 6.45) is 3.78. The molecule has 3 aromatic carbocycles. The van der Waals surface area contributed by atoms with Gasteiger partial charge in [-0.2, -0.15) is 0 Å². The van der Waals surface area contributed by atoms with Crippen LogP contribution in [0.4, 0.5) is 5.69 Å². The minimum atomic E-state index is -0.430. The van der Waals surface area contributed by atoms with Gasteiger partial charge in [0.1, 0.15) is 11.3 Å². The Balaban J connectivity index is 1.63. The van der Waals surface area contributed by atoms with Gasteiger partial charge in [-0.05, 0) is 74.9 Å². The van der Waals surface area contributed by atoms with Gasteiger partial charge in [-0.1, -0.05) is 48.5 Å². The van der Waals surface area contributed by atoms with Crippen LogP contribution in [-0.2, 0) is 16.0 Å². The Morgan fingerprint density at radius 1 is 0.921 bits per heavy atom. The van der Waals surface area contributed by atoms with E-state index in [2.05, 4.69) is 47.5 Å². The average molecular weight is 515 g/mol. The summed E-state index contributed by atoms with van der Waals surface area (Å²) in [4.78, 5) is 28.3. The third-order valence-corrected chi connectivity index (χ3v) is 6.93. The number of ether oxygens (including phenoxy) is 2. The zero-order chi connectivity index (χ0) is 26.9. The molecule has 0 saturated carbocycles. The van der Waals surface area contributed by atoms with E-state index in [9.17, 15) is 9.59 Å². The van der Waals surface area contributed by atoms with Gasteiger partial charge in [0.15, 0.2) is 0 Å². The lowest BCUT2D eigenvalue weighted by atomic mass is 9.91. The van der Waals surface area contributed by atoms with Gasteiger partial charge in [-0.15, -0.1) is 0 Å². The molecule has 1 amide bonds. The Labute approximate surface area is 226 Å². The van der Waals surface area contributed by atoms with Crippen LogP contribution in [-0.4, -0.2) is 38.2 Å². The van der Waals surface area contributed by atoms with Gasteiger partial charge < -0.3 is 19.7 Å². The molecule has 0 radical (unpaired) electrons. The maximum absolute atomic E-state index is 13.5. The van der Waals surface area contributed by atoms with Crippen LogP contribution in [0.1, 0.15) is 71.8 Å². The first-order valence-corrected chi connectivity index (χ1v) is 13.6. The molecule has 0 aromatic heterocycles. The van der Waals surface area contributed by atoms with Crippen molar-refractivity contribution in [3.63, 3.8) is 0 Å². The number of aryl methyl sites for hydroxylation is 1. The van der Waals surface area contributed by atoms with Crippen molar-refractivity contribution in [1.29, 1.82) is 0 Å². The summed E-state index contributed by atoms with van der Waals surface area (Å²) in [6.45, 7) is 8.50. The smallest absolute Gasteiger partial charge is 0.341 e. The number of hydrogen-bond donors (Lipinski definition) is 1. The van der Waals surface area contributed by atoms with Crippen molar-refractivity contribution in [3.05, 3.63) is 94.5 Å². The second-order valence-corrected chi connectivity index (χ2v) is 9.63. The molecule has 0 aliphatic carbocycles. The number of benzene rings is 3. The molecule has 4 rings (SSSR count). The summed E-state index contributed by atoms with van der Waals surface area (Å²) < 4.78 is 10.9. The van der Waals surface area contributed by atoms with Crippen LogP contribution in [0.2, 0.25) is 0 Å². The molecule has 1 heterocycles. The number of amides is 1. The van der Waals surface area contributed by atoms with E-state index < -0.39 is 5.97 Å². The van der Waals surface area contributed by atoms with Crippen molar-refractivity contribution >= 4 is 17.6 Å². The summed E-state index contributed by atoms with van der Waals surface area (Å²) >= 11 is 0. The maximum Gasteiger partial charge on any atom is 0.341 e. The van der Waals surface area contributed by atoms with Crippen LogP contribution < -0.4 is 15.0 Å². The first kappa shape index (κ1) is 27.2. The Morgan fingerprint density at radius 3 is 2.39 bits per heavy atom. The molecule has 0 spiro atoms. The van der Waals surface area contributed by atoms with E-state index in [1.165, 1.54) is 24.9 Å². The Morgan fingerprint density at radius 2 is 1.68 bits per heavy atom. The standard InChI is InChI=1S/C32H38N2O4/c1-4-37-28-21-24(17-18-26(28)32(36)38-5-2)22-29(35)33-31(25-14-8-6-9-15-25)30-23(3)13-12-16-27(30)34-19-10-7-11-20-34/h6,8-9,12-18,21,31H,4-5,7,10-11,19-20,22H2,1-3H3,(H,33,35). The topological polar surface area (TPSA) is 67.9 Å². The van der Waals surface area contributed by atoms with Gasteiger partial charge in [0.05, 0.1) is 25.7 Å². The molecular formula is C32H38N2O4. The summed E-state index contributed by atoms with van der Waals surface area (Å²) in [6, 6.07) is 21.5. The third-order valence-electron chi connectivity index (χ3n) is 6.93. The molecular weight excluding hydrogens is 476 g/mol. The number of anilines is 1. The van der Waals surface area contributed by atoms with Crippen molar-refractivity contribution in [2.45, 2.75) is 52.5 Å². The van der Waals surface area contributed by atoms with Gasteiger partial charge in [-0.3, -0.25) is 4.79 Å². The largest absolute Gasteiger partial charge is 0.493 e. The van der Waals surface area contributed by atoms with Gasteiger partial charge in [0.2, 0.25) is 5.91 Å². The molecule has 1 unspecified atom stereocenters. The number of carbonyl (C=O) groups excluding carboxylic acids is 2. The van der Waals surface area contributed by atoms with E-state index in [4.69, 9.17) is 9.47 Å². The first-order valence-electron chi connectivity index (χ1n) is 13.6. The second-order valence-electron chi connectivity index (χ2n) is 9.63. The number of nitrogens with one attached hydrogen (secondary N) is 1. The second kappa shape index (κ2) is 13.1. The van der Waals surface area contributed by atoms with E-state index >= 15 is 0 Å². The van der Waals surface area contributed by atoms with Gasteiger partial charge in [0.25, 0.3) is 0 Å². The molecule has 6 nitrogen and oxygen atoms in total. The number of rotatable bonds is 10. The van der Waals surface area contributed by atoms with Crippen LogP contribution in [0.5, 0.6) is 5.75 Å². The molecule has 200 valence electrons. The van der Waals surface area contributed by atoms with Crippen LogP contribution in [0.3, 0.4) is 0 Å². The SMILES string of the molecule is CCOC(=O)c1ccc(CC(=O)NC(c2ccccc2)c2c(C)cccc2N2CCCCC2)cc1OCC. The van der Waals surface area contributed by atoms with Crippen molar-refractivity contribution in [3.8, 4) is 5.75 Å². The molecule has 0 bridgehead atoms. The molecule has 3 aromatic rings. The van der Waals surface area contributed by atoms with Gasteiger partial charge in [0, 0.05) is 24.3 Å². The van der Waals surface area contributed by atoms with Crippen LogP contribution in [0.25, 0.3) is 0 Å². The molecule has 38 heavy (non-hydrogen) atoms. The van der Waals surface area contributed by atoms with E-state index in [1.807, 2.05) is 25.1 Å². The van der Waals surface area contributed by atoms with Crippen LogP contribution in [0.15, 0.2) is 66.7 Å². The summed E-state index contributed by atoms with van der Waals surface area (Å²) in [5, 5.41) is 3.33. The van der Waals surface area contributed by atoms with Gasteiger partial charge >= 0.3 is 5.97 Å². The molecule has 1 N–H and O–H groups in total. The summed E-state index contributed by atoms with van der Waals surface area (Å²) in [5.41, 5.74) is 5.66. The molecule has 1 aliphatic heterocycles. The number of carbonyl (C=O) groups is 2. The fourth-order valence-electron chi connectivity index (χ4n) is 5.15. The van der Waals surface area contributed by atoms with E-state index in [0.29, 0.717) is 17.9 Å². The van der Waals surface area contributed by atoms with E-state index in [0.717, 1.165) is 35.3 Å². The fourth-order valence-corrected chi connectivity index (χ4v) is 5.15. The third kappa shape index (κ3) is 6.55. The maximum atomic E-state index is 13.5. The Hall–Kier alpha value is -3.80. The van der Waals surface area contributed by atoms with E-state index in [-0.39, 0.29) is 25.0 Å². The predicted octanol–water partition coefficient (Wildman–Crippen LogP) is 6.01. The van der Waals surface area contributed by atoms with Crippen molar-refractivity contribution in [2.75, 3.05) is 31.2 Å². The van der Waals surface area contributed by atoms with Crippen LogP contribution in [0, 0.1) is 6.92 Å². The summed E-state index contributed by atoms with van der Waals surface area (Å²) in [5.74, 6) is -0.0962. The Kier molecular flexibility index (Phi) is 9.41. The molecule has 1 saturated heterocycles.